The van der Waals surface area contributed by atoms with E-state index in [0.717, 1.165) is 15.8 Å². The monoisotopic (exact) mass is 304 g/mol. The van der Waals surface area contributed by atoms with Gasteiger partial charge in [-0.1, -0.05) is 11.3 Å². The number of amides is 1. The minimum atomic E-state index is -0.406. The fraction of sp³-hybridized carbons (Fsp3) is 0.167. The molecule has 2 heterocycles. The highest BCUT2D eigenvalue weighted by Gasteiger charge is 2.12. The first-order valence-corrected chi connectivity index (χ1v) is 6.93. The molecule has 1 amide bonds. The normalized spacial score (nSPS) is 10.9. The number of H-pyrrole nitrogens is 2. The largest absolute Gasteiger partial charge is 0.375 e. The molecule has 0 aliphatic heterocycles. The van der Waals surface area contributed by atoms with Gasteiger partial charge < -0.3 is 11.1 Å². The van der Waals surface area contributed by atoms with Crippen LogP contribution in [0.4, 0.5) is 5.13 Å². The number of nitrogens with zero attached hydrogens (tertiary/aromatic N) is 2. The fourth-order valence-corrected chi connectivity index (χ4v) is 2.85. The Labute approximate surface area is 122 Å². The first-order valence-electron chi connectivity index (χ1n) is 6.11. The van der Waals surface area contributed by atoms with E-state index in [-0.39, 0.29) is 12.5 Å². The summed E-state index contributed by atoms with van der Waals surface area (Å²) in [7, 11) is 0. The van der Waals surface area contributed by atoms with Crippen LogP contribution in [0.3, 0.4) is 0 Å². The minimum absolute atomic E-state index is 0.138. The summed E-state index contributed by atoms with van der Waals surface area (Å²) in [6, 6.07) is 3.50. The van der Waals surface area contributed by atoms with E-state index in [4.69, 9.17) is 5.73 Å². The molecule has 3 rings (SSSR count). The molecule has 0 aliphatic carbocycles. The molecule has 8 nitrogen and oxygen atoms in total. The summed E-state index contributed by atoms with van der Waals surface area (Å²) in [4.78, 5) is 29.7. The van der Waals surface area contributed by atoms with Gasteiger partial charge in [0.25, 0.3) is 5.91 Å². The predicted molar refractivity (Wildman–Crippen MR) is 79.1 cm³/mol. The highest BCUT2D eigenvalue weighted by atomic mass is 32.1. The lowest BCUT2D eigenvalue weighted by atomic mass is 10.1. The second kappa shape index (κ2) is 5.02. The van der Waals surface area contributed by atoms with Gasteiger partial charge in [-0.2, -0.15) is 5.10 Å². The van der Waals surface area contributed by atoms with Crippen molar-refractivity contribution in [3.05, 3.63) is 39.6 Å². The standard InChI is InChI=1S/C12H12N6O2S/c1-5-2-6(3-7-9(5)16-11(13)21-7)10(19)14-4-8-15-12(20)18-17-8/h2-3H,4H2,1H3,(H2,13,16)(H,14,19)(H2,15,17,18,20). The number of fused-ring (bicyclic) bond motifs is 1. The van der Waals surface area contributed by atoms with Crippen LogP contribution in [0.15, 0.2) is 16.9 Å². The Kier molecular flexibility index (Phi) is 3.18. The van der Waals surface area contributed by atoms with E-state index >= 15 is 0 Å². The Balaban J connectivity index is 1.82. The third-order valence-corrected chi connectivity index (χ3v) is 3.76. The zero-order valence-corrected chi connectivity index (χ0v) is 11.9. The van der Waals surface area contributed by atoms with Gasteiger partial charge in [-0.15, -0.1) is 0 Å². The van der Waals surface area contributed by atoms with Gasteiger partial charge in [0.2, 0.25) is 0 Å². The maximum atomic E-state index is 12.1. The van der Waals surface area contributed by atoms with Gasteiger partial charge in [0.15, 0.2) is 5.13 Å². The molecule has 0 spiro atoms. The molecule has 21 heavy (non-hydrogen) atoms. The van der Waals surface area contributed by atoms with Gasteiger partial charge in [0.05, 0.1) is 16.8 Å². The lowest BCUT2D eigenvalue weighted by molar-refractivity contribution is 0.0950. The van der Waals surface area contributed by atoms with Crippen LogP contribution in [-0.2, 0) is 6.54 Å². The molecule has 5 N–H and O–H groups in total. The van der Waals surface area contributed by atoms with Crippen molar-refractivity contribution in [1.29, 1.82) is 0 Å². The molecule has 1 aromatic carbocycles. The number of carbonyl (C=O) groups excluding carboxylic acids is 1. The van der Waals surface area contributed by atoms with Crippen LogP contribution >= 0.6 is 11.3 Å². The van der Waals surface area contributed by atoms with E-state index in [1.165, 1.54) is 11.3 Å². The van der Waals surface area contributed by atoms with E-state index < -0.39 is 5.69 Å². The lowest BCUT2D eigenvalue weighted by Gasteiger charge is -2.04. The molecule has 0 fully saturated rings. The smallest absolute Gasteiger partial charge is 0.340 e. The summed E-state index contributed by atoms with van der Waals surface area (Å²) >= 11 is 1.34. The topological polar surface area (TPSA) is 130 Å². The summed E-state index contributed by atoms with van der Waals surface area (Å²) in [5, 5.41) is 9.12. The van der Waals surface area contributed by atoms with Gasteiger partial charge >= 0.3 is 5.69 Å². The molecule has 0 bridgehead atoms. The number of carbonyl (C=O) groups is 1. The first-order chi connectivity index (χ1) is 10.0. The van der Waals surface area contributed by atoms with E-state index in [1.807, 2.05) is 6.92 Å². The highest BCUT2D eigenvalue weighted by Crippen LogP contribution is 2.27. The molecular weight excluding hydrogens is 292 g/mol. The number of rotatable bonds is 3. The van der Waals surface area contributed by atoms with E-state index in [2.05, 4.69) is 25.5 Å². The second-order valence-corrected chi connectivity index (χ2v) is 5.56. The summed E-state index contributed by atoms with van der Waals surface area (Å²) in [6.45, 7) is 2.02. The molecule has 3 aromatic rings. The van der Waals surface area contributed by atoms with Crippen molar-refractivity contribution < 1.29 is 4.79 Å². The number of anilines is 1. The lowest BCUT2D eigenvalue weighted by Crippen LogP contribution is -2.23. The number of nitrogens with two attached hydrogens (primary N) is 1. The Hall–Kier alpha value is -2.68. The first kappa shape index (κ1) is 13.3. The van der Waals surface area contributed by atoms with Gasteiger partial charge in [0.1, 0.15) is 5.82 Å². The number of nitrogen functional groups attached to an aromatic ring is 1. The Morgan fingerprint density at radius 2 is 2.29 bits per heavy atom. The molecule has 0 atom stereocenters. The van der Waals surface area contributed by atoms with Crippen LogP contribution in [0.1, 0.15) is 21.7 Å². The number of benzene rings is 1. The zero-order chi connectivity index (χ0) is 15.0. The Morgan fingerprint density at radius 1 is 1.48 bits per heavy atom. The molecule has 0 saturated heterocycles. The molecule has 108 valence electrons. The third-order valence-electron chi connectivity index (χ3n) is 2.93. The third kappa shape index (κ3) is 2.63. The Morgan fingerprint density at radius 3 is 3.00 bits per heavy atom. The molecule has 9 heteroatoms. The SMILES string of the molecule is Cc1cc(C(=O)NCc2n[nH]c(=O)[nH]2)cc2sc(N)nc12. The van der Waals surface area contributed by atoms with Crippen molar-refractivity contribution >= 4 is 32.6 Å². The maximum Gasteiger partial charge on any atom is 0.340 e. The van der Waals surface area contributed by atoms with E-state index in [0.29, 0.717) is 16.5 Å². The number of hydrogen-bond donors (Lipinski definition) is 4. The number of aryl methyl sites for hydroxylation is 1. The van der Waals surface area contributed by atoms with Gasteiger partial charge in [-0.25, -0.2) is 14.9 Å². The highest BCUT2D eigenvalue weighted by molar-refractivity contribution is 7.22. The number of aromatic amines is 2. The summed E-state index contributed by atoms with van der Waals surface area (Å²) < 4.78 is 0.867. The number of hydrogen-bond acceptors (Lipinski definition) is 6. The fourth-order valence-electron chi connectivity index (χ4n) is 2.00. The van der Waals surface area contributed by atoms with Gasteiger partial charge in [-0.3, -0.25) is 9.78 Å². The van der Waals surface area contributed by atoms with Crippen LogP contribution in [0.25, 0.3) is 10.2 Å². The van der Waals surface area contributed by atoms with Crippen molar-refractivity contribution in [2.24, 2.45) is 0 Å². The average molecular weight is 304 g/mol. The molecular formula is C12H12N6O2S. The summed E-state index contributed by atoms with van der Waals surface area (Å²) in [6.07, 6.45) is 0. The predicted octanol–water partition coefficient (Wildman–Crippen LogP) is 0.528. The van der Waals surface area contributed by atoms with Crippen molar-refractivity contribution in [1.82, 2.24) is 25.5 Å². The van der Waals surface area contributed by atoms with Crippen LogP contribution < -0.4 is 16.7 Å². The molecule has 0 radical (unpaired) electrons. The number of aromatic nitrogens is 4. The molecule has 2 aromatic heterocycles. The van der Waals surface area contributed by atoms with Crippen LogP contribution in [0.5, 0.6) is 0 Å². The van der Waals surface area contributed by atoms with E-state index in [9.17, 15) is 9.59 Å². The minimum Gasteiger partial charge on any atom is -0.375 e. The van der Waals surface area contributed by atoms with Crippen LogP contribution in [0, 0.1) is 6.92 Å². The van der Waals surface area contributed by atoms with Crippen LogP contribution in [0.2, 0.25) is 0 Å². The van der Waals surface area contributed by atoms with Crippen molar-refractivity contribution in [3.63, 3.8) is 0 Å². The van der Waals surface area contributed by atoms with Crippen molar-refractivity contribution in [2.45, 2.75) is 13.5 Å². The Bertz CT molecular complexity index is 877. The van der Waals surface area contributed by atoms with Crippen molar-refractivity contribution in [3.8, 4) is 0 Å². The zero-order valence-electron chi connectivity index (χ0n) is 11.1. The van der Waals surface area contributed by atoms with Crippen LogP contribution in [-0.4, -0.2) is 26.1 Å². The summed E-state index contributed by atoms with van der Waals surface area (Å²) in [5.74, 6) is 0.115. The summed E-state index contributed by atoms with van der Waals surface area (Å²) in [5.41, 5.74) is 7.49. The average Bonchev–Trinajstić information content (AvgIpc) is 3.01. The molecule has 0 aliphatic rings. The second-order valence-electron chi connectivity index (χ2n) is 4.50. The van der Waals surface area contributed by atoms with E-state index in [1.54, 1.807) is 12.1 Å². The van der Waals surface area contributed by atoms with Gasteiger partial charge in [0, 0.05) is 5.56 Å². The molecule has 0 saturated carbocycles. The molecule has 0 unspecified atom stereocenters. The quantitative estimate of drug-likeness (QED) is 0.561. The number of thiazole rings is 1. The maximum absolute atomic E-state index is 12.1. The van der Waals surface area contributed by atoms with Gasteiger partial charge in [-0.05, 0) is 24.6 Å². The number of nitrogens with one attached hydrogen (secondary N) is 3. The van der Waals surface area contributed by atoms with Crippen molar-refractivity contribution in [2.75, 3.05) is 5.73 Å².